The molecule has 0 bridgehead atoms. The van der Waals surface area contributed by atoms with Crippen LogP contribution in [0, 0.1) is 0 Å². The number of carbonyl (C=O) groups excluding carboxylic acids is 1. The molecule has 2 aromatic rings. The van der Waals surface area contributed by atoms with Crippen molar-refractivity contribution in [3.63, 3.8) is 0 Å². The molecule has 1 aromatic carbocycles. The van der Waals surface area contributed by atoms with E-state index in [2.05, 4.69) is 38.1 Å². The third-order valence-corrected chi connectivity index (χ3v) is 4.00. The maximum absolute atomic E-state index is 12.2. The fraction of sp³-hybridized carbons (Fsp3) is 0.474. The van der Waals surface area contributed by atoms with Gasteiger partial charge in [0.2, 0.25) is 5.91 Å². The predicted molar refractivity (Wildman–Crippen MR) is 108 cm³/mol. The Hall–Kier alpha value is -2.90. The van der Waals surface area contributed by atoms with Crippen LogP contribution >= 0.6 is 0 Å². The van der Waals surface area contributed by atoms with E-state index in [0.717, 1.165) is 37.4 Å². The molecule has 8 heteroatoms. The maximum atomic E-state index is 12.2. The van der Waals surface area contributed by atoms with Crippen molar-refractivity contribution in [2.45, 2.75) is 40.2 Å². The number of aryl methyl sites for hydroxylation is 2. The third-order valence-electron chi connectivity index (χ3n) is 4.00. The number of amides is 1. The van der Waals surface area contributed by atoms with Crippen molar-refractivity contribution in [2.24, 2.45) is 4.99 Å². The first-order chi connectivity index (χ1) is 13.2. The van der Waals surface area contributed by atoms with Crippen LogP contribution < -0.4 is 16.0 Å². The Labute approximate surface area is 160 Å². The zero-order valence-electron chi connectivity index (χ0n) is 16.3. The number of aliphatic imine (C=N–C) groups is 1. The van der Waals surface area contributed by atoms with Crippen molar-refractivity contribution >= 4 is 17.6 Å². The van der Waals surface area contributed by atoms with Crippen molar-refractivity contribution < 1.29 is 4.79 Å². The lowest BCUT2D eigenvalue weighted by Crippen LogP contribution is -2.39. The summed E-state index contributed by atoms with van der Waals surface area (Å²) in [5, 5.41) is 17.3. The minimum Gasteiger partial charge on any atom is -0.357 e. The first-order valence-corrected chi connectivity index (χ1v) is 9.43. The van der Waals surface area contributed by atoms with Crippen molar-refractivity contribution in [1.29, 1.82) is 0 Å². The normalized spacial score (nSPS) is 11.3. The number of guanidine groups is 1. The van der Waals surface area contributed by atoms with Gasteiger partial charge in [-0.05, 0) is 31.0 Å². The van der Waals surface area contributed by atoms with E-state index < -0.39 is 0 Å². The topological polar surface area (TPSA) is 96.2 Å². The van der Waals surface area contributed by atoms with Crippen LogP contribution in [-0.4, -0.2) is 46.3 Å². The molecule has 0 fully saturated rings. The maximum Gasteiger partial charge on any atom is 0.246 e. The minimum absolute atomic E-state index is 0.0541. The summed E-state index contributed by atoms with van der Waals surface area (Å²) in [6.07, 6.45) is 3.50. The fourth-order valence-corrected chi connectivity index (χ4v) is 2.60. The van der Waals surface area contributed by atoms with Gasteiger partial charge in [0.25, 0.3) is 0 Å². The fourth-order valence-electron chi connectivity index (χ4n) is 2.60. The van der Waals surface area contributed by atoms with E-state index >= 15 is 0 Å². The molecule has 0 aliphatic rings. The minimum atomic E-state index is -0.146. The monoisotopic (exact) mass is 371 g/mol. The number of hydrogen-bond acceptors (Lipinski definition) is 4. The van der Waals surface area contributed by atoms with E-state index in [9.17, 15) is 4.79 Å². The van der Waals surface area contributed by atoms with Gasteiger partial charge in [0.15, 0.2) is 5.96 Å². The van der Waals surface area contributed by atoms with E-state index in [1.807, 2.05) is 42.7 Å². The summed E-state index contributed by atoms with van der Waals surface area (Å²) in [6, 6.07) is 7.85. The molecule has 0 unspecified atom stereocenters. The average Bonchev–Trinajstić information content (AvgIpc) is 3.13. The second-order valence-corrected chi connectivity index (χ2v) is 6.02. The molecular weight excluding hydrogens is 342 g/mol. The molecule has 3 N–H and O–H groups in total. The second-order valence-electron chi connectivity index (χ2n) is 6.02. The predicted octanol–water partition coefficient (Wildman–Crippen LogP) is 1.60. The molecule has 0 radical (unpaired) electrons. The average molecular weight is 371 g/mol. The van der Waals surface area contributed by atoms with Crippen LogP contribution in [-0.2, 0) is 24.2 Å². The quantitative estimate of drug-likeness (QED) is 0.460. The van der Waals surface area contributed by atoms with E-state index in [1.165, 1.54) is 5.56 Å². The molecule has 1 amide bonds. The van der Waals surface area contributed by atoms with Crippen LogP contribution in [0.25, 0.3) is 0 Å². The van der Waals surface area contributed by atoms with Crippen LogP contribution in [0.2, 0.25) is 0 Å². The molecule has 0 aliphatic carbocycles. The summed E-state index contributed by atoms with van der Waals surface area (Å²) in [4.78, 5) is 16.5. The number of anilines is 1. The summed E-state index contributed by atoms with van der Waals surface area (Å²) in [7, 11) is 0. The summed E-state index contributed by atoms with van der Waals surface area (Å²) >= 11 is 0. The Balaban J connectivity index is 1.85. The molecule has 8 nitrogen and oxygen atoms in total. The molecule has 0 saturated carbocycles. The third kappa shape index (κ3) is 6.73. The summed E-state index contributed by atoms with van der Waals surface area (Å²) in [5.41, 5.74) is 1.99. The van der Waals surface area contributed by atoms with Gasteiger partial charge in [0, 0.05) is 31.7 Å². The van der Waals surface area contributed by atoms with Gasteiger partial charge in [-0.15, -0.1) is 10.2 Å². The standard InChI is InChI=1S/C19H29N7O/c1-4-15-8-7-9-16(12-15)24-18(27)13-22-19(20-6-3)21-10-11-26-14-23-25-17(26)5-2/h7-9,12,14H,4-6,10-11,13H2,1-3H3,(H,24,27)(H2,20,21,22). The lowest BCUT2D eigenvalue weighted by molar-refractivity contribution is -0.114. The number of nitrogens with zero attached hydrogens (tertiary/aromatic N) is 4. The number of aromatic nitrogens is 3. The molecule has 1 aromatic heterocycles. The molecule has 0 spiro atoms. The van der Waals surface area contributed by atoms with Crippen LogP contribution in [0.1, 0.15) is 32.2 Å². The van der Waals surface area contributed by atoms with Gasteiger partial charge in [-0.3, -0.25) is 4.79 Å². The van der Waals surface area contributed by atoms with Crippen molar-refractivity contribution in [1.82, 2.24) is 25.4 Å². The van der Waals surface area contributed by atoms with Crippen LogP contribution in [0.15, 0.2) is 35.6 Å². The zero-order valence-corrected chi connectivity index (χ0v) is 16.3. The van der Waals surface area contributed by atoms with Crippen molar-refractivity contribution in [3.05, 3.63) is 42.0 Å². The van der Waals surface area contributed by atoms with Gasteiger partial charge in [-0.25, -0.2) is 4.99 Å². The molecule has 0 atom stereocenters. The number of benzene rings is 1. The van der Waals surface area contributed by atoms with Gasteiger partial charge < -0.3 is 20.5 Å². The van der Waals surface area contributed by atoms with Crippen molar-refractivity contribution in [2.75, 3.05) is 25.0 Å². The van der Waals surface area contributed by atoms with E-state index in [-0.39, 0.29) is 12.5 Å². The van der Waals surface area contributed by atoms with E-state index in [1.54, 1.807) is 6.33 Å². The van der Waals surface area contributed by atoms with Gasteiger partial charge >= 0.3 is 0 Å². The van der Waals surface area contributed by atoms with Crippen LogP contribution in [0.3, 0.4) is 0 Å². The Morgan fingerprint density at radius 3 is 2.78 bits per heavy atom. The number of hydrogen-bond donors (Lipinski definition) is 3. The first kappa shape index (κ1) is 20.4. The Morgan fingerprint density at radius 1 is 1.19 bits per heavy atom. The van der Waals surface area contributed by atoms with Gasteiger partial charge in [0.1, 0.15) is 18.7 Å². The summed E-state index contributed by atoms with van der Waals surface area (Å²) < 4.78 is 2.00. The molecule has 0 aliphatic heterocycles. The Morgan fingerprint density at radius 2 is 2.04 bits per heavy atom. The number of carbonyl (C=O) groups is 1. The molecule has 1 heterocycles. The molecule has 0 saturated heterocycles. The lowest BCUT2D eigenvalue weighted by Gasteiger charge is -2.12. The smallest absolute Gasteiger partial charge is 0.246 e. The number of nitrogens with one attached hydrogen (secondary N) is 3. The first-order valence-electron chi connectivity index (χ1n) is 9.43. The summed E-state index contributed by atoms with van der Waals surface area (Å²) in [5.74, 6) is 1.42. The Kier molecular flexibility index (Phi) is 8.28. The molecule has 27 heavy (non-hydrogen) atoms. The summed E-state index contributed by atoms with van der Waals surface area (Å²) in [6.45, 7) is 8.30. The van der Waals surface area contributed by atoms with E-state index in [4.69, 9.17) is 0 Å². The van der Waals surface area contributed by atoms with Crippen molar-refractivity contribution in [3.8, 4) is 0 Å². The van der Waals surface area contributed by atoms with E-state index in [0.29, 0.717) is 12.5 Å². The second kappa shape index (κ2) is 10.9. The highest BCUT2D eigenvalue weighted by Gasteiger charge is 2.05. The van der Waals surface area contributed by atoms with Crippen LogP contribution in [0.4, 0.5) is 5.69 Å². The molecule has 2 rings (SSSR count). The zero-order chi connectivity index (χ0) is 19.5. The number of rotatable bonds is 9. The Bertz CT molecular complexity index is 754. The van der Waals surface area contributed by atoms with Gasteiger partial charge in [-0.1, -0.05) is 26.0 Å². The SMILES string of the molecule is CCNC(=NCC(=O)Nc1cccc(CC)c1)NCCn1cnnc1CC. The molecular formula is C19H29N7O. The highest BCUT2D eigenvalue weighted by atomic mass is 16.1. The lowest BCUT2D eigenvalue weighted by atomic mass is 10.1. The largest absolute Gasteiger partial charge is 0.357 e. The van der Waals surface area contributed by atoms with Crippen LogP contribution in [0.5, 0.6) is 0 Å². The van der Waals surface area contributed by atoms with Gasteiger partial charge in [0.05, 0.1) is 0 Å². The highest BCUT2D eigenvalue weighted by Crippen LogP contribution is 2.10. The highest BCUT2D eigenvalue weighted by molar-refractivity contribution is 5.94. The van der Waals surface area contributed by atoms with Gasteiger partial charge in [-0.2, -0.15) is 0 Å². The molecule has 146 valence electrons.